The SMILES string of the molecule is Clc1cc(I)c(Br)c(CNNc2ccccc2)c1. The Morgan fingerprint density at radius 3 is 2.61 bits per heavy atom. The van der Waals surface area contributed by atoms with Crippen LogP contribution in [0.5, 0.6) is 0 Å². The average molecular weight is 438 g/mol. The van der Waals surface area contributed by atoms with Gasteiger partial charge in [0.25, 0.3) is 0 Å². The lowest BCUT2D eigenvalue weighted by atomic mass is 10.2. The predicted octanol–water partition coefficient (Wildman–Crippen LogP) is 4.82. The molecule has 0 unspecified atom stereocenters. The molecule has 94 valence electrons. The normalized spacial score (nSPS) is 10.4. The molecule has 2 aromatic carbocycles. The van der Waals surface area contributed by atoms with E-state index in [-0.39, 0.29) is 0 Å². The van der Waals surface area contributed by atoms with Crippen LogP contribution in [0.1, 0.15) is 5.56 Å². The maximum atomic E-state index is 6.04. The quantitative estimate of drug-likeness (QED) is 0.407. The maximum Gasteiger partial charge on any atom is 0.0487 e. The van der Waals surface area contributed by atoms with Gasteiger partial charge in [0.2, 0.25) is 0 Å². The zero-order valence-corrected chi connectivity index (χ0v) is 13.9. The fraction of sp³-hybridized carbons (Fsp3) is 0.0769. The highest BCUT2D eigenvalue weighted by molar-refractivity contribution is 14.1. The summed E-state index contributed by atoms with van der Waals surface area (Å²) in [6.45, 7) is 0.687. The van der Waals surface area contributed by atoms with Crippen molar-refractivity contribution in [3.05, 3.63) is 61.1 Å². The molecule has 0 aliphatic heterocycles. The van der Waals surface area contributed by atoms with Crippen LogP contribution in [-0.4, -0.2) is 0 Å². The average Bonchev–Trinajstić information content (AvgIpc) is 2.36. The molecule has 2 N–H and O–H groups in total. The summed E-state index contributed by atoms with van der Waals surface area (Å²) in [6, 6.07) is 13.9. The molecular formula is C13H11BrClIN2. The van der Waals surface area contributed by atoms with Crippen LogP contribution in [0, 0.1) is 3.57 Å². The van der Waals surface area contributed by atoms with Crippen molar-refractivity contribution in [1.82, 2.24) is 5.43 Å². The summed E-state index contributed by atoms with van der Waals surface area (Å²) in [5.74, 6) is 0. The fourth-order valence-electron chi connectivity index (χ4n) is 1.50. The van der Waals surface area contributed by atoms with Crippen molar-refractivity contribution in [2.45, 2.75) is 6.54 Å². The minimum absolute atomic E-state index is 0.687. The molecule has 2 nitrogen and oxygen atoms in total. The third-order valence-corrected chi connectivity index (χ3v) is 5.10. The highest BCUT2D eigenvalue weighted by Crippen LogP contribution is 2.27. The Balaban J connectivity index is 1.99. The monoisotopic (exact) mass is 436 g/mol. The summed E-state index contributed by atoms with van der Waals surface area (Å²) >= 11 is 11.9. The number of rotatable bonds is 4. The second-order valence-electron chi connectivity index (χ2n) is 3.71. The first kappa shape index (κ1) is 14.1. The fourth-order valence-corrected chi connectivity index (χ4v) is 2.98. The molecule has 0 saturated carbocycles. The molecule has 0 aliphatic rings. The van der Waals surface area contributed by atoms with Gasteiger partial charge in [0.05, 0.1) is 0 Å². The minimum atomic E-state index is 0.687. The van der Waals surface area contributed by atoms with Gasteiger partial charge < -0.3 is 5.43 Å². The van der Waals surface area contributed by atoms with Gasteiger partial charge >= 0.3 is 0 Å². The first-order valence-corrected chi connectivity index (χ1v) is 7.59. The molecule has 0 spiro atoms. The van der Waals surface area contributed by atoms with Crippen molar-refractivity contribution < 1.29 is 0 Å². The van der Waals surface area contributed by atoms with E-state index in [0.29, 0.717) is 6.54 Å². The van der Waals surface area contributed by atoms with Gasteiger partial charge in [0, 0.05) is 25.3 Å². The zero-order chi connectivity index (χ0) is 13.0. The molecule has 0 amide bonds. The van der Waals surface area contributed by atoms with Gasteiger partial charge in [-0.25, -0.2) is 5.43 Å². The van der Waals surface area contributed by atoms with Crippen molar-refractivity contribution in [3.8, 4) is 0 Å². The predicted molar refractivity (Wildman–Crippen MR) is 88.8 cm³/mol. The van der Waals surface area contributed by atoms with Gasteiger partial charge in [-0.05, 0) is 68.3 Å². The van der Waals surface area contributed by atoms with E-state index >= 15 is 0 Å². The van der Waals surface area contributed by atoms with Crippen LogP contribution < -0.4 is 10.9 Å². The van der Waals surface area contributed by atoms with Gasteiger partial charge in [-0.3, -0.25) is 0 Å². The smallest absolute Gasteiger partial charge is 0.0487 e. The van der Waals surface area contributed by atoms with Gasteiger partial charge in [-0.2, -0.15) is 0 Å². The summed E-state index contributed by atoms with van der Waals surface area (Å²) in [6.07, 6.45) is 0. The number of anilines is 1. The molecule has 0 fully saturated rings. The van der Waals surface area contributed by atoms with E-state index in [1.807, 2.05) is 42.5 Å². The van der Waals surface area contributed by atoms with Crippen molar-refractivity contribution in [2.24, 2.45) is 0 Å². The molecule has 2 aromatic rings. The third-order valence-electron chi connectivity index (χ3n) is 2.35. The summed E-state index contributed by atoms with van der Waals surface area (Å²) in [5.41, 5.74) is 8.47. The second kappa shape index (κ2) is 6.75. The number of hydrogen-bond donors (Lipinski definition) is 2. The third kappa shape index (κ3) is 3.85. The van der Waals surface area contributed by atoms with E-state index < -0.39 is 0 Å². The zero-order valence-electron chi connectivity index (χ0n) is 9.38. The van der Waals surface area contributed by atoms with E-state index in [1.165, 1.54) is 0 Å². The molecule has 0 heterocycles. The van der Waals surface area contributed by atoms with Crippen LogP contribution in [0.15, 0.2) is 46.9 Å². The molecule has 0 radical (unpaired) electrons. The van der Waals surface area contributed by atoms with Crippen LogP contribution in [0.4, 0.5) is 5.69 Å². The van der Waals surface area contributed by atoms with Crippen LogP contribution in [0.2, 0.25) is 5.02 Å². The van der Waals surface area contributed by atoms with Crippen molar-refractivity contribution in [3.63, 3.8) is 0 Å². The number of para-hydroxylation sites is 1. The largest absolute Gasteiger partial charge is 0.321 e. The Hall–Kier alpha value is -0.300. The molecule has 0 aromatic heterocycles. The molecule has 0 atom stereocenters. The molecule has 2 rings (SSSR count). The summed E-state index contributed by atoms with van der Waals surface area (Å²) in [4.78, 5) is 0. The van der Waals surface area contributed by atoms with Crippen molar-refractivity contribution >= 4 is 55.8 Å². The number of nitrogens with one attached hydrogen (secondary N) is 2. The molecular weight excluding hydrogens is 426 g/mol. The lowest BCUT2D eigenvalue weighted by Gasteiger charge is -2.11. The van der Waals surface area contributed by atoms with Crippen LogP contribution in [-0.2, 0) is 6.54 Å². The molecule has 5 heteroatoms. The molecule has 0 saturated heterocycles. The highest BCUT2D eigenvalue weighted by Gasteiger charge is 2.05. The molecule has 0 aliphatic carbocycles. The van der Waals surface area contributed by atoms with Crippen LogP contribution in [0.25, 0.3) is 0 Å². The number of hydrazine groups is 1. The Kier molecular flexibility index (Phi) is 5.29. The summed E-state index contributed by atoms with van der Waals surface area (Å²) < 4.78 is 2.19. The highest BCUT2D eigenvalue weighted by atomic mass is 127. The maximum absolute atomic E-state index is 6.04. The number of halogens is 3. The molecule has 18 heavy (non-hydrogen) atoms. The Labute approximate surface area is 133 Å². The van der Waals surface area contributed by atoms with Crippen LogP contribution >= 0.6 is 50.1 Å². The van der Waals surface area contributed by atoms with Gasteiger partial charge in [-0.1, -0.05) is 29.8 Å². The lowest BCUT2D eigenvalue weighted by Crippen LogP contribution is -2.21. The van der Waals surface area contributed by atoms with Crippen molar-refractivity contribution in [1.29, 1.82) is 0 Å². The second-order valence-corrected chi connectivity index (χ2v) is 6.10. The van der Waals surface area contributed by atoms with E-state index in [0.717, 1.165) is 24.3 Å². The van der Waals surface area contributed by atoms with Gasteiger partial charge in [0.15, 0.2) is 0 Å². The first-order chi connectivity index (χ1) is 8.66. The van der Waals surface area contributed by atoms with E-state index in [4.69, 9.17) is 11.6 Å². The van der Waals surface area contributed by atoms with Gasteiger partial charge in [0.1, 0.15) is 0 Å². The molecule has 0 bridgehead atoms. The Morgan fingerprint density at radius 2 is 1.89 bits per heavy atom. The topological polar surface area (TPSA) is 24.1 Å². The number of benzene rings is 2. The summed E-state index contributed by atoms with van der Waals surface area (Å²) in [7, 11) is 0. The van der Waals surface area contributed by atoms with Crippen LogP contribution in [0.3, 0.4) is 0 Å². The first-order valence-electron chi connectivity index (χ1n) is 5.34. The van der Waals surface area contributed by atoms with E-state index in [1.54, 1.807) is 0 Å². The van der Waals surface area contributed by atoms with Gasteiger partial charge in [-0.15, -0.1) is 0 Å². The lowest BCUT2D eigenvalue weighted by molar-refractivity contribution is 0.797. The Bertz CT molecular complexity index is 534. The minimum Gasteiger partial charge on any atom is -0.321 e. The summed E-state index contributed by atoms with van der Waals surface area (Å²) in [5, 5.41) is 0.749. The standard InChI is InChI=1S/C13H11BrClIN2/c14-13-9(6-10(15)7-12(13)16)8-17-18-11-4-2-1-3-5-11/h1-7,17-18H,8H2. The van der Waals surface area contributed by atoms with E-state index in [2.05, 4.69) is 49.4 Å². The number of hydrogen-bond acceptors (Lipinski definition) is 2. The Morgan fingerprint density at radius 1 is 1.17 bits per heavy atom. The van der Waals surface area contributed by atoms with Crippen molar-refractivity contribution in [2.75, 3.05) is 5.43 Å². The van der Waals surface area contributed by atoms with E-state index in [9.17, 15) is 0 Å².